The van der Waals surface area contributed by atoms with Crippen LogP contribution in [-0.4, -0.2) is 55.8 Å². The number of carbonyl (C=O) groups is 1. The second-order valence-electron chi connectivity index (χ2n) is 13.0. The van der Waals surface area contributed by atoms with Crippen molar-refractivity contribution in [1.29, 1.82) is 0 Å². The van der Waals surface area contributed by atoms with Crippen molar-refractivity contribution in [3.63, 3.8) is 0 Å². The maximum absolute atomic E-state index is 15.2. The zero-order valence-corrected chi connectivity index (χ0v) is 29.5. The lowest BCUT2D eigenvalue weighted by Crippen LogP contribution is -2.18. The Labute approximate surface area is 289 Å². The van der Waals surface area contributed by atoms with E-state index in [0.29, 0.717) is 54.5 Å². The van der Waals surface area contributed by atoms with Crippen molar-refractivity contribution in [2.24, 2.45) is 14.1 Å². The van der Waals surface area contributed by atoms with E-state index in [-0.39, 0.29) is 5.82 Å². The van der Waals surface area contributed by atoms with E-state index in [2.05, 4.69) is 18.0 Å². The Morgan fingerprint density at radius 3 is 2.57 bits per heavy atom. The maximum atomic E-state index is 15.2. The molecule has 1 aliphatic rings. The Balaban J connectivity index is 1.39. The standard InChI is InChI=1S/C38H40ClFN6O3/c1-22-33-31-14-13-28(39)36(33)34-23(2)44(4)42-30(34)21-43(3)20-26-19-27(45(5)41-26)12-11-24-17-25-9-7-10-29(40)35(25)32(18-24)49-16-8-15-46(31)37(22)38(47)48-6/h7,9-10,13-14,17-19H,8,11-12,15-16,20-21H2,1-6H3. The van der Waals surface area contributed by atoms with Gasteiger partial charge in [0.1, 0.15) is 17.3 Å². The predicted molar refractivity (Wildman–Crippen MR) is 190 cm³/mol. The molecule has 6 aromatic rings. The van der Waals surface area contributed by atoms with Crippen LogP contribution in [-0.2, 0) is 51.3 Å². The van der Waals surface area contributed by atoms with Gasteiger partial charge >= 0.3 is 5.97 Å². The fraction of sp³-hybridized carbons (Fsp3) is 0.342. The summed E-state index contributed by atoms with van der Waals surface area (Å²) in [7, 11) is 7.37. The molecule has 0 fully saturated rings. The van der Waals surface area contributed by atoms with Gasteiger partial charge in [-0.2, -0.15) is 10.2 Å². The van der Waals surface area contributed by atoms with Crippen LogP contribution < -0.4 is 4.74 Å². The third-order valence-corrected chi connectivity index (χ3v) is 10.1. The number of nitrogens with zero attached hydrogens (tertiary/aromatic N) is 6. The fourth-order valence-corrected chi connectivity index (χ4v) is 7.62. The monoisotopic (exact) mass is 682 g/mol. The highest BCUT2D eigenvalue weighted by Gasteiger charge is 2.28. The molecule has 3 aromatic carbocycles. The van der Waals surface area contributed by atoms with Gasteiger partial charge in [0.25, 0.3) is 0 Å². The van der Waals surface area contributed by atoms with Crippen LogP contribution in [0.4, 0.5) is 4.39 Å². The second-order valence-corrected chi connectivity index (χ2v) is 13.4. The zero-order chi connectivity index (χ0) is 34.6. The Morgan fingerprint density at radius 2 is 1.78 bits per heavy atom. The fourth-order valence-electron chi connectivity index (χ4n) is 7.37. The minimum atomic E-state index is -0.426. The van der Waals surface area contributed by atoms with Crippen molar-refractivity contribution in [2.75, 3.05) is 20.8 Å². The summed E-state index contributed by atoms with van der Waals surface area (Å²) in [5, 5.41) is 12.5. The molecule has 0 atom stereocenters. The average molecular weight is 683 g/mol. The Bertz CT molecular complexity index is 2250. The number of methoxy groups -OCH3 is 1. The number of esters is 1. The number of aryl methyl sites for hydroxylation is 6. The van der Waals surface area contributed by atoms with E-state index in [9.17, 15) is 4.79 Å². The molecule has 0 saturated carbocycles. The van der Waals surface area contributed by atoms with Crippen LogP contribution in [0.5, 0.6) is 5.75 Å². The van der Waals surface area contributed by atoms with E-state index in [1.165, 1.54) is 13.2 Å². The smallest absolute Gasteiger partial charge is 0.354 e. The SMILES string of the molecule is COC(=O)c1c(C)c2c3c(Cl)ccc2n1CCCOc1cc(cc2cccc(F)c12)CCc1cc(nn1C)CN(C)Cc1nn(C)c(C)c1-3. The summed E-state index contributed by atoms with van der Waals surface area (Å²) < 4.78 is 32.7. The number of benzene rings is 3. The van der Waals surface area contributed by atoms with Crippen LogP contribution in [0.3, 0.4) is 0 Å². The number of aromatic nitrogens is 5. The normalized spacial score (nSPS) is 14.5. The number of fused-ring (bicyclic) bond motifs is 8. The largest absolute Gasteiger partial charge is 0.493 e. The molecule has 8 bridgehead atoms. The van der Waals surface area contributed by atoms with Crippen LogP contribution in [0.2, 0.25) is 5.02 Å². The Morgan fingerprint density at radius 1 is 0.959 bits per heavy atom. The van der Waals surface area contributed by atoms with Crippen LogP contribution in [0.1, 0.15) is 50.8 Å². The van der Waals surface area contributed by atoms with Crippen molar-refractivity contribution in [3.8, 4) is 16.9 Å². The van der Waals surface area contributed by atoms with Gasteiger partial charge in [0.05, 0.1) is 30.5 Å². The summed E-state index contributed by atoms with van der Waals surface area (Å²) in [5.41, 5.74) is 8.90. The molecule has 0 amide bonds. The third-order valence-electron chi connectivity index (χ3n) is 9.74. The van der Waals surface area contributed by atoms with Crippen LogP contribution in [0.25, 0.3) is 32.8 Å². The lowest BCUT2D eigenvalue weighted by atomic mass is 9.96. The van der Waals surface area contributed by atoms with Crippen LogP contribution in [0, 0.1) is 19.7 Å². The summed E-state index contributed by atoms with van der Waals surface area (Å²) >= 11 is 7.06. The van der Waals surface area contributed by atoms with E-state index in [1.807, 2.05) is 72.2 Å². The number of carbonyl (C=O) groups excluding carboxylic acids is 1. The molecule has 0 spiro atoms. The van der Waals surface area contributed by atoms with Gasteiger partial charge in [-0.3, -0.25) is 14.3 Å². The van der Waals surface area contributed by atoms with Crippen molar-refractivity contribution in [2.45, 2.75) is 52.7 Å². The van der Waals surface area contributed by atoms with Gasteiger partial charge in [-0.1, -0.05) is 29.8 Å². The molecule has 4 heterocycles. The molecule has 0 unspecified atom stereocenters. The molecule has 254 valence electrons. The summed E-state index contributed by atoms with van der Waals surface area (Å²) in [6.45, 7) is 5.95. The summed E-state index contributed by atoms with van der Waals surface area (Å²) in [6.07, 6.45) is 2.07. The van der Waals surface area contributed by atoms with Crippen LogP contribution >= 0.6 is 11.6 Å². The first-order valence-electron chi connectivity index (χ1n) is 16.5. The number of hydrogen-bond acceptors (Lipinski definition) is 6. The van der Waals surface area contributed by atoms with E-state index in [1.54, 1.807) is 6.07 Å². The average Bonchev–Trinajstić information content (AvgIpc) is 3.66. The lowest BCUT2D eigenvalue weighted by molar-refractivity contribution is 0.0587. The number of hydrogen-bond donors (Lipinski definition) is 0. The lowest BCUT2D eigenvalue weighted by Gasteiger charge is -2.16. The Kier molecular flexibility index (Phi) is 8.71. The quantitative estimate of drug-likeness (QED) is 0.169. The molecule has 1 aliphatic heterocycles. The molecule has 0 N–H and O–H groups in total. The van der Waals surface area contributed by atoms with Gasteiger partial charge in [-0.05, 0) is 87.0 Å². The summed E-state index contributed by atoms with van der Waals surface area (Å²) in [5.74, 6) is -0.233. The molecule has 9 nitrogen and oxygen atoms in total. The topological polar surface area (TPSA) is 79.3 Å². The molecular formula is C38H40ClFN6O3. The van der Waals surface area contributed by atoms with E-state index in [0.717, 1.165) is 74.2 Å². The predicted octanol–water partition coefficient (Wildman–Crippen LogP) is 7.32. The van der Waals surface area contributed by atoms with Crippen molar-refractivity contribution < 1.29 is 18.7 Å². The van der Waals surface area contributed by atoms with Crippen molar-refractivity contribution >= 4 is 39.2 Å². The third kappa shape index (κ3) is 5.87. The molecule has 0 aliphatic carbocycles. The van der Waals surface area contributed by atoms with Gasteiger partial charge in [0.15, 0.2) is 0 Å². The second kappa shape index (κ2) is 13.0. The maximum Gasteiger partial charge on any atom is 0.354 e. The van der Waals surface area contributed by atoms with Crippen LogP contribution in [0.15, 0.2) is 48.5 Å². The highest BCUT2D eigenvalue weighted by molar-refractivity contribution is 6.35. The van der Waals surface area contributed by atoms with Gasteiger partial charge in [-0.15, -0.1) is 0 Å². The minimum absolute atomic E-state index is 0.315. The molecule has 7 rings (SSSR count). The van der Waals surface area contributed by atoms with Crippen molar-refractivity contribution in [1.82, 2.24) is 29.0 Å². The molecular weight excluding hydrogens is 643 g/mol. The molecule has 0 saturated heterocycles. The van der Waals surface area contributed by atoms with E-state index in [4.69, 9.17) is 31.3 Å². The first-order chi connectivity index (χ1) is 23.5. The number of ether oxygens (including phenoxy) is 2. The molecule has 3 aromatic heterocycles. The Hall–Kier alpha value is -4.67. The van der Waals surface area contributed by atoms with E-state index >= 15 is 4.39 Å². The molecule has 49 heavy (non-hydrogen) atoms. The first kappa shape index (κ1) is 32.9. The molecule has 11 heteroatoms. The minimum Gasteiger partial charge on any atom is -0.493 e. The van der Waals surface area contributed by atoms with Gasteiger partial charge < -0.3 is 14.0 Å². The van der Waals surface area contributed by atoms with Gasteiger partial charge in [0.2, 0.25) is 0 Å². The summed E-state index contributed by atoms with van der Waals surface area (Å²) in [6, 6.07) is 15.1. The molecule has 0 radical (unpaired) electrons. The highest BCUT2D eigenvalue weighted by atomic mass is 35.5. The van der Waals surface area contributed by atoms with E-state index < -0.39 is 5.97 Å². The van der Waals surface area contributed by atoms with Gasteiger partial charge in [-0.25, -0.2) is 9.18 Å². The van der Waals surface area contributed by atoms with Gasteiger partial charge in [0, 0.05) is 72.2 Å². The van der Waals surface area contributed by atoms with Crippen molar-refractivity contribution in [3.05, 3.63) is 99.0 Å². The zero-order valence-electron chi connectivity index (χ0n) is 28.7. The first-order valence-corrected chi connectivity index (χ1v) is 16.9. The number of rotatable bonds is 1. The number of halogens is 2. The summed E-state index contributed by atoms with van der Waals surface area (Å²) in [4.78, 5) is 15.6. The highest BCUT2D eigenvalue weighted by Crippen LogP contribution is 2.43.